The Balaban J connectivity index is 1.89. The molecule has 0 saturated heterocycles. The van der Waals surface area contributed by atoms with Crippen LogP contribution in [-0.4, -0.2) is 41.1 Å². The van der Waals surface area contributed by atoms with Gasteiger partial charge in [-0.25, -0.2) is 4.79 Å². The molecule has 5 nitrogen and oxygen atoms in total. The summed E-state index contributed by atoms with van der Waals surface area (Å²) < 4.78 is 0. The van der Waals surface area contributed by atoms with Crippen molar-refractivity contribution in [2.45, 2.75) is 64.8 Å². The van der Waals surface area contributed by atoms with Gasteiger partial charge in [-0.15, -0.1) is 0 Å². The van der Waals surface area contributed by atoms with Crippen LogP contribution in [0.4, 0.5) is 4.79 Å². The summed E-state index contributed by atoms with van der Waals surface area (Å²) in [6.45, 7) is 5.36. The van der Waals surface area contributed by atoms with Crippen molar-refractivity contribution in [1.82, 2.24) is 10.2 Å². The van der Waals surface area contributed by atoms with Crippen molar-refractivity contribution in [1.29, 1.82) is 0 Å². The molecule has 2 aliphatic rings. The zero-order valence-corrected chi connectivity index (χ0v) is 13.2. The van der Waals surface area contributed by atoms with E-state index in [2.05, 4.69) is 19.2 Å². The lowest BCUT2D eigenvalue weighted by molar-refractivity contribution is -0.143. The van der Waals surface area contributed by atoms with E-state index >= 15 is 0 Å². The predicted octanol–water partition coefficient (Wildman–Crippen LogP) is 2.85. The quantitative estimate of drug-likeness (QED) is 0.759. The monoisotopic (exact) mass is 296 g/mol. The van der Waals surface area contributed by atoms with Gasteiger partial charge in [-0.1, -0.05) is 26.7 Å². The van der Waals surface area contributed by atoms with E-state index in [1.165, 1.54) is 12.8 Å². The summed E-state index contributed by atoms with van der Waals surface area (Å²) in [6, 6.07) is 0.263. The molecule has 120 valence electrons. The lowest BCUT2D eigenvalue weighted by atomic mass is 10.1. The van der Waals surface area contributed by atoms with Crippen LogP contribution in [0.5, 0.6) is 0 Å². The van der Waals surface area contributed by atoms with Gasteiger partial charge in [0.1, 0.15) is 0 Å². The van der Waals surface area contributed by atoms with Crippen LogP contribution in [0.1, 0.15) is 58.8 Å². The molecule has 21 heavy (non-hydrogen) atoms. The van der Waals surface area contributed by atoms with Gasteiger partial charge in [0, 0.05) is 19.1 Å². The van der Waals surface area contributed by atoms with Crippen molar-refractivity contribution in [3.63, 3.8) is 0 Å². The van der Waals surface area contributed by atoms with Crippen LogP contribution in [0, 0.1) is 11.3 Å². The molecular formula is C16H28N2O3. The fourth-order valence-electron chi connectivity index (χ4n) is 3.03. The Bertz CT molecular complexity index is 385. The summed E-state index contributed by atoms with van der Waals surface area (Å²) in [5.74, 6) is -0.215. The molecule has 2 amide bonds. The molecule has 2 rings (SSSR count). The van der Waals surface area contributed by atoms with E-state index in [9.17, 15) is 14.7 Å². The standard InChI is InChI=1S/C16H28N2O3/c1-12(2)7-10-18(13-5-3-4-6-13)15(21)17-11-16(8-9-16)14(19)20/h12-13H,3-11H2,1-2H3,(H,17,21)(H,19,20). The van der Waals surface area contributed by atoms with Crippen LogP contribution in [0.3, 0.4) is 0 Å². The van der Waals surface area contributed by atoms with Crippen LogP contribution < -0.4 is 5.32 Å². The SMILES string of the molecule is CC(C)CCN(C(=O)NCC1(C(=O)O)CC1)C1CCCC1. The fourth-order valence-corrected chi connectivity index (χ4v) is 3.03. The summed E-state index contributed by atoms with van der Waals surface area (Å²) >= 11 is 0. The topological polar surface area (TPSA) is 69.6 Å². The molecule has 2 aliphatic carbocycles. The normalized spacial score (nSPS) is 20.5. The first-order valence-electron chi connectivity index (χ1n) is 8.22. The van der Waals surface area contributed by atoms with Gasteiger partial charge in [-0.05, 0) is 38.0 Å². The van der Waals surface area contributed by atoms with Crippen LogP contribution in [-0.2, 0) is 4.79 Å². The molecule has 2 N–H and O–H groups in total. The predicted molar refractivity (Wildman–Crippen MR) is 81.1 cm³/mol. The van der Waals surface area contributed by atoms with Crippen LogP contribution in [0.2, 0.25) is 0 Å². The van der Waals surface area contributed by atoms with E-state index in [0.29, 0.717) is 24.8 Å². The minimum atomic E-state index is -0.780. The molecule has 2 fully saturated rings. The van der Waals surface area contributed by atoms with Gasteiger partial charge in [0.2, 0.25) is 0 Å². The third-order valence-electron chi connectivity index (χ3n) is 4.86. The highest BCUT2D eigenvalue weighted by molar-refractivity contribution is 5.80. The molecule has 5 heteroatoms. The maximum Gasteiger partial charge on any atom is 0.317 e. The number of aliphatic carboxylic acids is 1. The Morgan fingerprint density at radius 3 is 2.38 bits per heavy atom. The first kappa shape index (κ1) is 16.1. The van der Waals surface area contributed by atoms with Gasteiger partial charge in [-0.2, -0.15) is 0 Å². The molecule has 0 spiro atoms. The average molecular weight is 296 g/mol. The number of carboxylic acid groups (broad SMARTS) is 1. The molecule has 0 aliphatic heterocycles. The van der Waals surface area contributed by atoms with E-state index < -0.39 is 11.4 Å². The minimum absolute atomic E-state index is 0.0740. The number of nitrogens with zero attached hydrogens (tertiary/aromatic N) is 1. The van der Waals surface area contributed by atoms with Crippen molar-refractivity contribution < 1.29 is 14.7 Å². The smallest absolute Gasteiger partial charge is 0.317 e. The lowest BCUT2D eigenvalue weighted by Crippen LogP contribution is -2.48. The van der Waals surface area contributed by atoms with E-state index in [1.807, 2.05) is 4.90 Å². The molecule has 0 aromatic carbocycles. The molecule has 2 saturated carbocycles. The molecule has 0 heterocycles. The highest BCUT2D eigenvalue weighted by Gasteiger charge is 2.50. The number of urea groups is 1. The number of carbonyl (C=O) groups excluding carboxylic acids is 1. The van der Waals surface area contributed by atoms with E-state index in [4.69, 9.17) is 0 Å². The number of carboxylic acids is 1. The third kappa shape index (κ3) is 4.11. The molecular weight excluding hydrogens is 268 g/mol. The number of rotatable bonds is 7. The highest BCUT2D eigenvalue weighted by atomic mass is 16.4. The van der Waals surface area contributed by atoms with E-state index in [-0.39, 0.29) is 12.6 Å². The van der Waals surface area contributed by atoms with E-state index in [0.717, 1.165) is 25.8 Å². The number of nitrogens with one attached hydrogen (secondary N) is 1. The van der Waals surface area contributed by atoms with Crippen molar-refractivity contribution in [2.24, 2.45) is 11.3 Å². The van der Waals surface area contributed by atoms with Gasteiger partial charge >= 0.3 is 12.0 Å². The van der Waals surface area contributed by atoms with Crippen molar-refractivity contribution in [2.75, 3.05) is 13.1 Å². The molecule has 0 atom stereocenters. The summed E-state index contributed by atoms with van der Waals surface area (Å²) in [4.78, 5) is 25.6. The van der Waals surface area contributed by atoms with Crippen LogP contribution in [0.25, 0.3) is 0 Å². The average Bonchev–Trinajstić information content (AvgIpc) is 3.04. The van der Waals surface area contributed by atoms with Crippen LogP contribution >= 0.6 is 0 Å². The zero-order valence-electron chi connectivity index (χ0n) is 13.2. The molecule has 0 bridgehead atoms. The second kappa shape index (κ2) is 6.67. The van der Waals surface area contributed by atoms with Crippen molar-refractivity contribution in [3.8, 4) is 0 Å². The van der Waals surface area contributed by atoms with Gasteiger partial charge in [0.25, 0.3) is 0 Å². The molecule has 0 aromatic rings. The second-order valence-electron chi connectivity index (χ2n) is 7.06. The second-order valence-corrected chi connectivity index (χ2v) is 7.06. The summed E-state index contributed by atoms with van der Waals surface area (Å²) in [7, 11) is 0. The summed E-state index contributed by atoms with van der Waals surface area (Å²) in [5, 5.41) is 12.1. The van der Waals surface area contributed by atoms with Gasteiger partial charge < -0.3 is 15.3 Å². The fraction of sp³-hybridized carbons (Fsp3) is 0.875. The third-order valence-corrected chi connectivity index (χ3v) is 4.86. The van der Waals surface area contributed by atoms with Crippen LogP contribution in [0.15, 0.2) is 0 Å². The number of amides is 2. The Kier molecular flexibility index (Phi) is 5.12. The maximum absolute atomic E-state index is 12.5. The first-order chi connectivity index (χ1) is 9.94. The number of hydrogen-bond donors (Lipinski definition) is 2. The molecule has 0 aromatic heterocycles. The molecule has 0 radical (unpaired) electrons. The van der Waals surface area contributed by atoms with E-state index in [1.54, 1.807) is 0 Å². The summed E-state index contributed by atoms with van der Waals surface area (Å²) in [6.07, 6.45) is 6.89. The highest BCUT2D eigenvalue weighted by Crippen LogP contribution is 2.45. The Labute approximate surface area is 127 Å². The zero-order chi connectivity index (χ0) is 15.5. The first-order valence-corrected chi connectivity index (χ1v) is 8.22. The van der Waals surface area contributed by atoms with Gasteiger partial charge in [-0.3, -0.25) is 4.79 Å². The van der Waals surface area contributed by atoms with Crippen molar-refractivity contribution >= 4 is 12.0 Å². The van der Waals surface area contributed by atoms with Gasteiger partial charge in [0.05, 0.1) is 5.41 Å². The molecule has 0 unspecified atom stereocenters. The number of carbonyl (C=O) groups is 2. The minimum Gasteiger partial charge on any atom is -0.481 e. The van der Waals surface area contributed by atoms with Crippen molar-refractivity contribution in [3.05, 3.63) is 0 Å². The largest absolute Gasteiger partial charge is 0.481 e. The number of hydrogen-bond acceptors (Lipinski definition) is 2. The Hall–Kier alpha value is -1.26. The Morgan fingerprint density at radius 2 is 1.90 bits per heavy atom. The van der Waals surface area contributed by atoms with Gasteiger partial charge in [0.15, 0.2) is 0 Å². The lowest BCUT2D eigenvalue weighted by Gasteiger charge is -2.30. The maximum atomic E-state index is 12.5. The Morgan fingerprint density at radius 1 is 1.29 bits per heavy atom. The summed E-state index contributed by atoms with van der Waals surface area (Å²) in [5.41, 5.74) is -0.685.